The van der Waals surface area contributed by atoms with E-state index in [2.05, 4.69) is 5.32 Å². The zero-order chi connectivity index (χ0) is 14.5. The third-order valence-corrected chi connectivity index (χ3v) is 2.74. The molecule has 1 aromatic carbocycles. The third kappa shape index (κ3) is 3.54. The number of carbonyl (C=O) groups excluding carboxylic acids is 1. The Morgan fingerprint density at radius 2 is 2.10 bits per heavy atom. The van der Waals surface area contributed by atoms with Crippen molar-refractivity contribution in [3.05, 3.63) is 65.6 Å². The molecule has 1 N–H and O–H groups in total. The van der Waals surface area contributed by atoms with Gasteiger partial charge in [0, 0.05) is 6.08 Å². The average Bonchev–Trinajstić information content (AvgIpc) is 2.92. The minimum atomic E-state index is -0.935. The maximum Gasteiger partial charge on any atom is 0.244 e. The van der Waals surface area contributed by atoms with Gasteiger partial charge in [-0.15, -0.1) is 0 Å². The maximum absolute atomic E-state index is 13.1. The van der Waals surface area contributed by atoms with Gasteiger partial charge in [0.25, 0.3) is 0 Å². The van der Waals surface area contributed by atoms with Crippen molar-refractivity contribution in [1.29, 1.82) is 0 Å². The SMILES string of the molecule is CC(NC(=O)C=Cc1ccco1)c1ccc(F)c(F)c1. The fourth-order valence-corrected chi connectivity index (χ4v) is 1.67. The average molecular weight is 277 g/mol. The van der Waals surface area contributed by atoms with Crippen LogP contribution >= 0.6 is 0 Å². The van der Waals surface area contributed by atoms with Crippen molar-refractivity contribution in [1.82, 2.24) is 5.32 Å². The van der Waals surface area contributed by atoms with Crippen LogP contribution in [-0.4, -0.2) is 5.91 Å². The Bertz CT molecular complexity index is 621. The third-order valence-electron chi connectivity index (χ3n) is 2.74. The zero-order valence-electron chi connectivity index (χ0n) is 10.8. The number of rotatable bonds is 4. The Hall–Kier alpha value is -2.43. The first-order valence-corrected chi connectivity index (χ1v) is 6.03. The Morgan fingerprint density at radius 3 is 2.75 bits per heavy atom. The van der Waals surface area contributed by atoms with Gasteiger partial charge in [0.1, 0.15) is 5.76 Å². The second-order valence-corrected chi connectivity index (χ2v) is 4.25. The topological polar surface area (TPSA) is 42.2 Å². The second kappa shape index (κ2) is 6.14. The lowest BCUT2D eigenvalue weighted by Gasteiger charge is -2.13. The number of benzene rings is 1. The highest BCUT2D eigenvalue weighted by Crippen LogP contribution is 2.15. The molecule has 0 aliphatic heterocycles. The van der Waals surface area contributed by atoms with Crippen molar-refractivity contribution in [3.63, 3.8) is 0 Å². The molecule has 1 atom stereocenters. The van der Waals surface area contributed by atoms with E-state index in [1.54, 1.807) is 19.1 Å². The number of hydrogen-bond donors (Lipinski definition) is 1. The number of amides is 1. The molecule has 1 unspecified atom stereocenters. The molecule has 5 heteroatoms. The van der Waals surface area contributed by atoms with Crippen molar-refractivity contribution in [2.24, 2.45) is 0 Å². The first kappa shape index (κ1) is 14.0. The predicted octanol–water partition coefficient (Wildman–Crippen LogP) is 3.45. The van der Waals surface area contributed by atoms with Crippen LogP contribution in [0.5, 0.6) is 0 Å². The molecule has 2 aromatic rings. The van der Waals surface area contributed by atoms with Crippen LogP contribution < -0.4 is 5.32 Å². The first-order chi connectivity index (χ1) is 9.56. The molecule has 1 amide bonds. The molecule has 104 valence electrons. The smallest absolute Gasteiger partial charge is 0.244 e. The molecular weight excluding hydrogens is 264 g/mol. The number of halogens is 2. The number of carbonyl (C=O) groups is 1. The summed E-state index contributed by atoms with van der Waals surface area (Å²) in [5.41, 5.74) is 0.489. The molecule has 0 bridgehead atoms. The summed E-state index contributed by atoms with van der Waals surface area (Å²) in [6.45, 7) is 1.69. The van der Waals surface area contributed by atoms with Gasteiger partial charge in [0.05, 0.1) is 12.3 Å². The molecule has 1 aromatic heterocycles. The molecule has 0 spiro atoms. The van der Waals surface area contributed by atoms with Crippen LogP contribution in [0, 0.1) is 11.6 Å². The van der Waals surface area contributed by atoms with Gasteiger partial charge in [0.15, 0.2) is 11.6 Å². The molecule has 2 rings (SSSR count). The van der Waals surface area contributed by atoms with Crippen molar-refractivity contribution >= 4 is 12.0 Å². The van der Waals surface area contributed by atoms with E-state index in [4.69, 9.17) is 4.42 Å². The highest BCUT2D eigenvalue weighted by Gasteiger charge is 2.10. The van der Waals surface area contributed by atoms with E-state index in [-0.39, 0.29) is 5.91 Å². The van der Waals surface area contributed by atoms with E-state index in [0.717, 1.165) is 12.1 Å². The van der Waals surface area contributed by atoms with E-state index < -0.39 is 17.7 Å². The lowest BCUT2D eigenvalue weighted by atomic mass is 10.1. The van der Waals surface area contributed by atoms with Gasteiger partial charge in [-0.25, -0.2) is 8.78 Å². The molecule has 0 fully saturated rings. The minimum absolute atomic E-state index is 0.348. The summed E-state index contributed by atoms with van der Waals surface area (Å²) in [5.74, 6) is -1.64. The normalized spacial score (nSPS) is 12.6. The molecule has 0 saturated heterocycles. The molecular formula is C15H13F2NO2. The predicted molar refractivity (Wildman–Crippen MR) is 70.7 cm³/mol. The van der Waals surface area contributed by atoms with Gasteiger partial charge in [-0.1, -0.05) is 6.07 Å². The fraction of sp³-hybridized carbons (Fsp3) is 0.133. The summed E-state index contributed by atoms with van der Waals surface area (Å²) in [7, 11) is 0. The standard InChI is InChI=1S/C15H13F2NO2/c1-10(11-4-6-13(16)14(17)9-11)18-15(19)7-5-12-3-2-8-20-12/h2-10H,1H3,(H,18,19). The molecule has 3 nitrogen and oxygen atoms in total. The summed E-state index contributed by atoms with van der Waals surface area (Å²) in [5, 5.41) is 2.65. The maximum atomic E-state index is 13.1. The lowest BCUT2D eigenvalue weighted by molar-refractivity contribution is -0.117. The molecule has 0 saturated carbocycles. The monoisotopic (exact) mass is 277 g/mol. The summed E-state index contributed by atoms with van der Waals surface area (Å²) < 4.78 is 31.0. The lowest BCUT2D eigenvalue weighted by Crippen LogP contribution is -2.24. The van der Waals surface area contributed by atoms with Crippen molar-refractivity contribution in [2.75, 3.05) is 0 Å². The summed E-state index contributed by atoms with van der Waals surface area (Å²) in [6, 6.07) is 6.52. The van der Waals surface area contributed by atoms with Gasteiger partial charge in [0.2, 0.25) is 5.91 Å². The van der Waals surface area contributed by atoms with E-state index >= 15 is 0 Å². The number of nitrogens with one attached hydrogen (secondary N) is 1. The van der Waals surface area contributed by atoms with Gasteiger partial charge in [-0.05, 0) is 42.8 Å². The Morgan fingerprint density at radius 1 is 1.30 bits per heavy atom. The Kier molecular flexibility index (Phi) is 4.30. The minimum Gasteiger partial charge on any atom is -0.465 e. The first-order valence-electron chi connectivity index (χ1n) is 6.03. The van der Waals surface area contributed by atoms with E-state index in [9.17, 15) is 13.6 Å². The van der Waals surface area contributed by atoms with Crippen molar-refractivity contribution in [2.45, 2.75) is 13.0 Å². The van der Waals surface area contributed by atoms with Crippen LogP contribution in [0.4, 0.5) is 8.78 Å². The van der Waals surface area contributed by atoms with Gasteiger partial charge < -0.3 is 9.73 Å². The Labute approximate surface area is 114 Å². The van der Waals surface area contributed by atoms with Crippen LogP contribution in [0.2, 0.25) is 0 Å². The quantitative estimate of drug-likeness (QED) is 0.870. The van der Waals surface area contributed by atoms with Gasteiger partial charge in [-0.2, -0.15) is 0 Å². The highest BCUT2D eigenvalue weighted by molar-refractivity contribution is 5.91. The van der Waals surface area contributed by atoms with Crippen LogP contribution in [0.25, 0.3) is 6.08 Å². The number of hydrogen-bond acceptors (Lipinski definition) is 2. The van der Waals surface area contributed by atoms with E-state index in [0.29, 0.717) is 11.3 Å². The zero-order valence-corrected chi connectivity index (χ0v) is 10.8. The highest BCUT2D eigenvalue weighted by atomic mass is 19.2. The molecule has 1 heterocycles. The summed E-state index contributed by atoms with van der Waals surface area (Å²) in [6.07, 6.45) is 4.34. The molecule has 20 heavy (non-hydrogen) atoms. The second-order valence-electron chi connectivity index (χ2n) is 4.25. The molecule has 0 aliphatic rings. The van der Waals surface area contributed by atoms with E-state index in [1.807, 2.05) is 0 Å². The van der Waals surface area contributed by atoms with Gasteiger partial charge >= 0.3 is 0 Å². The van der Waals surface area contributed by atoms with Crippen LogP contribution in [-0.2, 0) is 4.79 Å². The van der Waals surface area contributed by atoms with Crippen LogP contribution in [0.15, 0.2) is 47.1 Å². The molecule has 0 aliphatic carbocycles. The largest absolute Gasteiger partial charge is 0.465 e. The van der Waals surface area contributed by atoms with Crippen LogP contribution in [0.1, 0.15) is 24.3 Å². The Balaban J connectivity index is 1.98. The summed E-state index contributed by atoms with van der Waals surface area (Å²) >= 11 is 0. The van der Waals surface area contributed by atoms with Crippen LogP contribution in [0.3, 0.4) is 0 Å². The fourth-order valence-electron chi connectivity index (χ4n) is 1.67. The van der Waals surface area contributed by atoms with E-state index in [1.165, 1.54) is 24.5 Å². The van der Waals surface area contributed by atoms with Gasteiger partial charge in [-0.3, -0.25) is 4.79 Å². The summed E-state index contributed by atoms with van der Waals surface area (Å²) in [4.78, 5) is 11.7. The number of furan rings is 1. The van der Waals surface area contributed by atoms with Crippen molar-refractivity contribution in [3.8, 4) is 0 Å². The molecule has 0 radical (unpaired) electrons. The van der Waals surface area contributed by atoms with Crippen molar-refractivity contribution < 1.29 is 18.0 Å².